The van der Waals surface area contributed by atoms with Gasteiger partial charge in [-0.15, -0.1) is 11.8 Å². The smallest absolute Gasteiger partial charge is 0.334 e. The molecule has 82 valence electrons. The first kappa shape index (κ1) is 12.0. The molecule has 4 nitrogen and oxygen atoms in total. The quantitative estimate of drug-likeness (QED) is 0.640. The molecule has 0 saturated carbocycles. The molecule has 15 heavy (non-hydrogen) atoms. The third-order valence-corrected chi connectivity index (χ3v) is 3.00. The number of benzene rings is 1. The van der Waals surface area contributed by atoms with Crippen LogP contribution < -0.4 is 5.73 Å². The molecule has 0 spiro atoms. The summed E-state index contributed by atoms with van der Waals surface area (Å²) in [5.41, 5.74) is 5.51. The van der Waals surface area contributed by atoms with Crippen molar-refractivity contribution in [3.05, 3.63) is 30.3 Å². The molecule has 0 fully saturated rings. The number of rotatable bonds is 5. The molecule has 2 atom stereocenters. The minimum Gasteiger partial charge on any atom is -0.479 e. The van der Waals surface area contributed by atoms with Crippen molar-refractivity contribution in [2.45, 2.75) is 17.0 Å². The van der Waals surface area contributed by atoms with E-state index in [-0.39, 0.29) is 0 Å². The van der Waals surface area contributed by atoms with Crippen LogP contribution in [0.25, 0.3) is 0 Å². The van der Waals surface area contributed by atoms with Gasteiger partial charge in [0.05, 0.1) is 6.04 Å². The molecule has 1 rings (SSSR count). The summed E-state index contributed by atoms with van der Waals surface area (Å²) in [5, 5.41) is 17.6. The van der Waals surface area contributed by atoms with Gasteiger partial charge in [-0.1, -0.05) is 18.2 Å². The fourth-order valence-electron chi connectivity index (χ4n) is 0.983. The Hall–Kier alpha value is -1.04. The standard InChI is InChI=1S/C10H13NO3S/c11-8(9(12)10(13)14)6-15-7-4-2-1-3-5-7/h1-5,8-9,12H,6,11H2,(H,13,14)/t8-,9+/m0/s1. The van der Waals surface area contributed by atoms with Crippen molar-refractivity contribution in [2.75, 3.05) is 5.75 Å². The zero-order valence-electron chi connectivity index (χ0n) is 8.04. The van der Waals surface area contributed by atoms with Crippen molar-refractivity contribution in [3.8, 4) is 0 Å². The fourth-order valence-corrected chi connectivity index (χ4v) is 1.90. The summed E-state index contributed by atoms with van der Waals surface area (Å²) in [6.07, 6.45) is -1.50. The second kappa shape index (κ2) is 5.75. The summed E-state index contributed by atoms with van der Waals surface area (Å²) in [7, 11) is 0. The number of aliphatic carboxylic acids is 1. The van der Waals surface area contributed by atoms with Gasteiger partial charge in [0.2, 0.25) is 0 Å². The van der Waals surface area contributed by atoms with E-state index in [1.54, 1.807) is 0 Å². The van der Waals surface area contributed by atoms with E-state index in [0.717, 1.165) is 4.90 Å². The number of carboxylic acid groups (broad SMARTS) is 1. The van der Waals surface area contributed by atoms with Gasteiger partial charge in [-0.05, 0) is 12.1 Å². The lowest BCUT2D eigenvalue weighted by molar-refractivity contribution is -0.147. The van der Waals surface area contributed by atoms with Gasteiger partial charge in [-0.3, -0.25) is 0 Å². The van der Waals surface area contributed by atoms with Gasteiger partial charge in [-0.25, -0.2) is 4.79 Å². The maximum absolute atomic E-state index is 10.4. The predicted molar refractivity (Wildman–Crippen MR) is 58.8 cm³/mol. The lowest BCUT2D eigenvalue weighted by Crippen LogP contribution is -2.42. The number of carbonyl (C=O) groups is 1. The van der Waals surface area contributed by atoms with Crippen LogP contribution in [0.15, 0.2) is 35.2 Å². The van der Waals surface area contributed by atoms with E-state index < -0.39 is 18.1 Å². The Kier molecular flexibility index (Phi) is 4.61. The number of nitrogens with two attached hydrogens (primary N) is 1. The highest BCUT2D eigenvalue weighted by molar-refractivity contribution is 7.99. The van der Waals surface area contributed by atoms with Gasteiger partial charge in [0.15, 0.2) is 6.10 Å². The Labute approximate surface area is 92.1 Å². The zero-order chi connectivity index (χ0) is 11.3. The summed E-state index contributed by atoms with van der Waals surface area (Å²) in [4.78, 5) is 11.4. The highest BCUT2D eigenvalue weighted by Crippen LogP contribution is 2.18. The summed E-state index contributed by atoms with van der Waals surface area (Å²) in [6, 6.07) is 8.74. The Morgan fingerprint density at radius 2 is 2.00 bits per heavy atom. The number of thioether (sulfide) groups is 1. The van der Waals surface area contributed by atoms with Gasteiger partial charge >= 0.3 is 5.97 Å². The maximum Gasteiger partial charge on any atom is 0.334 e. The van der Waals surface area contributed by atoms with Gasteiger partial charge < -0.3 is 15.9 Å². The van der Waals surface area contributed by atoms with Crippen LogP contribution in [0.2, 0.25) is 0 Å². The first-order chi connectivity index (χ1) is 7.11. The number of aliphatic hydroxyl groups is 1. The van der Waals surface area contributed by atoms with Crippen molar-refractivity contribution in [2.24, 2.45) is 5.73 Å². The second-order valence-electron chi connectivity index (χ2n) is 3.07. The molecule has 0 aromatic heterocycles. The van der Waals surface area contributed by atoms with Crippen LogP contribution in [0.4, 0.5) is 0 Å². The summed E-state index contributed by atoms with van der Waals surface area (Å²) in [5.74, 6) is -0.909. The SMILES string of the molecule is N[C@@H](CSc1ccccc1)[C@@H](O)C(=O)O. The molecule has 4 N–H and O–H groups in total. The predicted octanol–water partition coefficient (Wildman–Crippen LogP) is 0.552. The van der Waals surface area contributed by atoms with Crippen LogP contribution in [-0.2, 0) is 4.79 Å². The molecular formula is C10H13NO3S. The fraction of sp³-hybridized carbons (Fsp3) is 0.300. The van der Waals surface area contributed by atoms with Crippen molar-refractivity contribution in [1.29, 1.82) is 0 Å². The van der Waals surface area contributed by atoms with Crippen LogP contribution in [0.3, 0.4) is 0 Å². The molecule has 0 aliphatic rings. The van der Waals surface area contributed by atoms with Crippen molar-refractivity contribution in [1.82, 2.24) is 0 Å². The third-order valence-electron chi connectivity index (χ3n) is 1.84. The molecule has 0 saturated heterocycles. The maximum atomic E-state index is 10.4. The molecule has 0 amide bonds. The van der Waals surface area contributed by atoms with Crippen molar-refractivity contribution < 1.29 is 15.0 Å². The molecule has 1 aromatic rings. The van der Waals surface area contributed by atoms with E-state index in [2.05, 4.69) is 0 Å². The average Bonchev–Trinajstić information content (AvgIpc) is 2.26. The van der Waals surface area contributed by atoms with E-state index in [1.807, 2.05) is 30.3 Å². The minimum atomic E-state index is -1.50. The second-order valence-corrected chi connectivity index (χ2v) is 4.16. The molecule has 0 radical (unpaired) electrons. The van der Waals surface area contributed by atoms with Crippen molar-refractivity contribution >= 4 is 17.7 Å². The van der Waals surface area contributed by atoms with Crippen LogP contribution in [0.5, 0.6) is 0 Å². The lowest BCUT2D eigenvalue weighted by Gasteiger charge is -2.14. The van der Waals surface area contributed by atoms with Gasteiger partial charge in [0, 0.05) is 10.6 Å². The number of hydrogen-bond acceptors (Lipinski definition) is 4. The molecule has 0 heterocycles. The molecule has 5 heteroatoms. The average molecular weight is 227 g/mol. The monoisotopic (exact) mass is 227 g/mol. The van der Waals surface area contributed by atoms with Crippen LogP contribution in [0, 0.1) is 0 Å². The van der Waals surface area contributed by atoms with E-state index in [4.69, 9.17) is 15.9 Å². The number of aliphatic hydroxyl groups excluding tert-OH is 1. The van der Waals surface area contributed by atoms with Gasteiger partial charge in [0.25, 0.3) is 0 Å². The highest BCUT2D eigenvalue weighted by atomic mass is 32.2. The van der Waals surface area contributed by atoms with Gasteiger partial charge in [-0.2, -0.15) is 0 Å². The molecule has 0 bridgehead atoms. The molecule has 0 aliphatic carbocycles. The normalized spacial score (nSPS) is 14.5. The Balaban J connectivity index is 2.41. The summed E-state index contributed by atoms with van der Waals surface area (Å²) >= 11 is 1.43. The molecule has 0 unspecified atom stereocenters. The van der Waals surface area contributed by atoms with E-state index in [1.165, 1.54) is 11.8 Å². The first-order valence-electron chi connectivity index (χ1n) is 4.45. The zero-order valence-corrected chi connectivity index (χ0v) is 8.85. The summed E-state index contributed by atoms with van der Waals surface area (Å²) < 4.78 is 0. The summed E-state index contributed by atoms with van der Waals surface area (Å²) in [6.45, 7) is 0. The van der Waals surface area contributed by atoms with E-state index in [0.29, 0.717) is 5.75 Å². The van der Waals surface area contributed by atoms with Crippen LogP contribution in [-0.4, -0.2) is 34.1 Å². The Bertz CT molecular complexity index is 318. The first-order valence-corrected chi connectivity index (χ1v) is 5.44. The topological polar surface area (TPSA) is 83.5 Å². The van der Waals surface area contributed by atoms with Crippen LogP contribution in [0.1, 0.15) is 0 Å². The largest absolute Gasteiger partial charge is 0.479 e. The van der Waals surface area contributed by atoms with E-state index >= 15 is 0 Å². The molecular weight excluding hydrogens is 214 g/mol. The lowest BCUT2D eigenvalue weighted by atomic mass is 10.2. The van der Waals surface area contributed by atoms with Gasteiger partial charge in [0.1, 0.15) is 0 Å². The number of hydrogen-bond donors (Lipinski definition) is 3. The highest BCUT2D eigenvalue weighted by Gasteiger charge is 2.21. The van der Waals surface area contributed by atoms with Crippen molar-refractivity contribution in [3.63, 3.8) is 0 Å². The Morgan fingerprint density at radius 1 is 1.40 bits per heavy atom. The number of carboxylic acids is 1. The molecule has 1 aromatic carbocycles. The Morgan fingerprint density at radius 3 is 2.53 bits per heavy atom. The van der Waals surface area contributed by atoms with Crippen LogP contribution >= 0.6 is 11.8 Å². The van der Waals surface area contributed by atoms with E-state index in [9.17, 15) is 4.79 Å². The third kappa shape index (κ3) is 3.91. The minimum absolute atomic E-state index is 0.373. The molecule has 0 aliphatic heterocycles.